The van der Waals surface area contributed by atoms with Crippen LogP contribution in [0.1, 0.15) is 49.5 Å². The molecule has 1 spiro atoms. The van der Waals surface area contributed by atoms with E-state index in [1.165, 1.54) is 6.42 Å². The second kappa shape index (κ2) is 8.19. The Labute approximate surface area is 191 Å². The number of nitrogens with zero attached hydrogens (tertiary/aromatic N) is 6. The molecule has 3 heterocycles. The molecule has 0 amide bonds. The van der Waals surface area contributed by atoms with E-state index in [0.717, 1.165) is 42.6 Å². The van der Waals surface area contributed by atoms with Gasteiger partial charge in [-0.2, -0.15) is 10.1 Å². The Hall–Kier alpha value is -3.95. The summed E-state index contributed by atoms with van der Waals surface area (Å²) < 4.78 is 6.73. The second-order valence-electron chi connectivity index (χ2n) is 8.22. The van der Waals surface area contributed by atoms with Crippen molar-refractivity contribution < 1.29 is 9.53 Å². The van der Waals surface area contributed by atoms with Crippen molar-refractivity contribution in [2.24, 2.45) is 21.5 Å². The summed E-state index contributed by atoms with van der Waals surface area (Å²) >= 11 is 0. The van der Waals surface area contributed by atoms with Crippen LogP contribution in [0, 0.1) is 0 Å². The number of hydrogen-bond donors (Lipinski definition) is 2. The van der Waals surface area contributed by atoms with Crippen LogP contribution in [0.4, 0.5) is 5.69 Å². The van der Waals surface area contributed by atoms with Gasteiger partial charge in [-0.15, -0.1) is 0 Å². The molecular formula is C23H26N8O2. The predicted octanol–water partition coefficient (Wildman–Crippen LogP) is 2.68. The fraction of sp³-hybridized carbons (Fsp3) is 0.348. The number of fused-ring (bicyclic) bond motifs is 1. The largest absolute Gasteiger partial charge is 0.461 e. The molecule has 2 aliphatic rings. The highest BCUT2D eigenvalue weighted by atomic mass is 16.5. The first kappa shape index (κ1) is 20.9. The molecule has 3 aromatic rings. The molecule has 1 fully saturated rings. The Morgan fingerprint density at radius 3 is 2.76 bits per heavy atom. The number of hydrogen-bond acceptors (Lipinski definition) is 9. The van der Waals surface area contributed by atoms with Gasteiger partial charge in [0.15, 0.2) is 11.3 Å². The van der Waals surface area contributed by atoms with Crippen molar-refractivity contribution in [1.29, 1.82) is 0 Å². The Morgan fingerprint density at radius 2 is 1.97 bits per heavy atom. The third kappa shape index (κ3) is 3.67. The lowest BCUT2D eigenvalue weighted by Gasteiger charge is -2.45. The maximum Gasteiger partial charge on any atom is 0.358 e. The van der Waals surface area contributed by atoms with Gasteiger partial charge in [0.2, 0.25) is 11.9 Å². The fourth-order valence-electron chi connectivity index (χ4n) is 4.72. The molecule has 2 aromatic heterocycles. The van der Waals surface area contributed by atoms with Crippen molar-refractivity contribution in [3.05, 3.63) is 48.3 Å². The molecule has 1 aliphatic carbocycles. The molecule has 0 unspecified atom stereocenters. The molecule has 1 aliphatic heterocycles. The number of nitrogens with two attached hydrogens (primary N) is 2. The minimum absolute atomic E-state index is 0.214. The molecule has 5 rings (SSSR count). The van der Waals surface area contributed by atoms with Gasteiger partial charge in [0.05, 0.1) is 12.3 Å². The molecule has 170 valence electrons. The van der Waals surface area contributed by atoms with Crippen LogP contribution < -0.4 is 16.4 Å². The maximum absolute atomic E-state index is 12.2. The van der Waals surface area contributed by atoms with Crippen LogP contribution >= 0.6 is 0 Å². The average Bonchev–Trinajstić information content (AvgIpc) is 3.24. The topological polar surface area (TPSA) is 136 Å². The van der Waals surface area contributed by atoms with Gasteiger partial charge in [0, 0.05) is 23.5 Å². The lowest BCUT2D eigenvalue weighted by molar-refractivity contribution is 0.0519. The summed E-state index contributed by atoms with van der Waals surface area (Å²) in [7, 11) is 0. The SMILES string of the molecule is CCOC(=O)c1cc2nccc(-c3cccc(N4C(N)=NC(N)=NC45CCCCC5)c3)n2n1. The van der Waals surface area contributed by atoms with Gasteiger partial charge < -0.3 is 16.2 Å². The van der Waals surface area contributed by atoms with Gasteiger partial charge in [-0.25, -0.2) is 19.3 Å². The zero-order valence-electron chi connectivity index (χ0n) is 18.4. The number of carbonyl (C=O) groups excluding carboxylic acids is 1. The predicted molar refractivity (Wildman–Crippen MR) is 126 cm³/mol. The second-order valence-corrected chi connectivity index (χ2v) is 8.22. The van der Waals surface area contributed by atoms with E-state index in [1.807, 2.05) is 35.2 Å². The first-order chi connectivity index (χ1) is 16.0. The summed E-state index contributed by atoms with van der Waals surface area (Å²) in [5, 5.41) is 4.44. The first-order valence-corrected chi connectivity index (χ1v) is 11.1. The highest BCUT2D eigenvalue weighted by Crippen LogP contribution is 2.40. The minimum Gasteiger partial charge on any atom is -0.461 e. The molecule has 4 N–H and O–H groups in total. The number of aliphatic imine (C=N–C) groups is 2. The van der Waals surface area contributed by atoms with Crippen LogP contribution in [0.3, 0.4) is 0 Å². The highest BCUT2D eigenvalue weighted by molar-refractivity contribution is 6.05. The molecule has 0 atom stereocenters. The standard InChI is InChI=1S/C23H26N8O2/c1-2-33-20(32)17-14-19-26-12-9-18(31(19)29-17)15-7-6-8-16(13-15)30-22(25)27-21(24)28-23(30)10-4-3-5-11-23/h6-9,12-14H,2-5,10-11H2,1H3,(H4,24,25,27,28). The normalized spacial score (nSPS) is 17.7. The monoisotopic (exact) mass is 446 g/mol. The van der Waals surface area contributed by atoms with Crippen molar-refractivity contribution in [2.75, 3.05) is 11.5 Å². The lowest BCUT2D eigenvalue weighted by atomic mass is 9.87. The number of aromatic nitrogens is 3. The number of benzene rings is 1. The first-order valence-electron chi connectivity index (χ1n) is 11.1. The molecule has 0 bridgehead atoms. The van der Waals surface area contributed by atoms with Crippen molar-refractivity contribution in [3.8, 4) is 11.3 Å². The molecule has 1 aromatic carbocycles. The number of esters is 1. The van der Waals surface area contributed by atoms with E-state index in [4.69, 9.17) is 21.2 Å². The van der Waals surface area contributed by atoms with Crippen LogP contribution in [0.15, 0.2) is 52.6 Å². The van der Waals surface area contributed by atoms with Crippen molar-refractivity contribution in [2.45, 2.75) is 44.7 Å². The summed E-state index contributed by atoms with van der Waals surface area (Å²) in [6.45, 7) is 2.04. The molecule has 0 radical (unpaired) electrons. The highest BCUT2D eigenvalue weighted by Gasteiger charge is 2.42. The Kier molecular flexibility index (Phi) is 5.20. The van der Waals surface area contributed by atoms with E-state index in [1.54, 1.807) is 23.7 Å². The molecular weight excluding hydrogens is 420 g/mol. The average molecular weight is 447 g/mol. The van der Waals surface area contributed by atoms with Crippen LogP contribution in [0.25, 0.3) is 16.9 Å². The Morgan fingerprint density at radius 1 is 1.15 bits per heavy atom. The van der Waals surface area contributed by atoms with E-state index in [2.05, 4.69) is 15.1 Å². The van der Waals surface area contributed by atoms with Gasteiger partial charge in [-0.1, -0.05) is 18.6 Å². The summed E-state index contributed by atoms with van der Waals surface area (Å²) in [6.07, 6.45) is 6.67. The smallest absolute Gasteiger partial charge is 0.358 e. The summed E-state index contributed by atoms with van der Waals surface area (Å²) in [5.74, 6) is 0.0838. The summed E-state index contributed by atoms with van der Waals surface area (Å²) in [4.78, 5) is 27.5. The van der Waals surface area contributed by atoms with Crippen LogP contribution in [-0.2, 0) is 4.74 Å². The van der Waals surface area contributed by atoms with Gasteiger partial charge in [-0.3, -0.25) is 4.90 Å². The number of ether oxygens (including phenoxy) is 1. The zero-order chi connectivity index (χ0) is 23.0. The minimum atomic E-state index is -0.525. The summed E-state index contributed by atoms with van der Waals surface area (Å²) in [6, 6.07) is 11.4. The van der Waals surface area contributed by atoms with E-state index >= 15 is 0 Å². The maximum atomic E-state index is 12.2. The Balaban J connectivity index is 1.58. The lowest BCUT2D eigenvalue weighted by Crippen LogP contribution is -2.58. The Bertz CT molecular complexity index is 1270. The molecule has 10 heteroatoms. The number of guanidine groups is 2. The van der Waals surface area contributed by atoms with Crippen molar-refractivity contribution in [1.82, 2.24) is 14.6 Å². The quantitative estimate of drug-likeness (QED) is 0.588. The number of anilines is 1. The number of rotatable bonds is 4. The van der Waals surface area contributed by atoms with Gasteiger partial charge in [-0.05, 0) is 50.8 Å². The third-order valence-corrected chi connectivity index (χ3v) is 6.09. The van der Waals surface area contributed by atoms with Gasteiger partial charge >= 0.3 is 5.97 Å². The van der Waals surface area contributed by atoms with Crippen LogP contribution in [0.5, 0.6) is 0 Å². The molecule has 33 heavy (non-hydrogen) atoms. The molecule has 1 saturated carbocycles. The third-order valence-electron chi connectivity index (χ3n) is 6.09. The van der Waals surface area contributed by atoms with E-state index in [-0.39, 0.29) is 18.3 Å². The summed E-state index contributed by atoms with van der Waals surface area (Å²) in [5.41, 5.74) is 15.2. The number of carbonyl (C=O) groups is 1. The fourth-order valence-corrected chi connectivity index (χ4v) is 4.72. The van der Waals surface area contributed by atoms with Gasteiger partial charge in [0.1, 0.15) is 5.66 Å². The van der Waals surface area contributed by atoms with Crippen molar-refractivity contribution in [3.63, 3.8) is 0 Å². The van der Waals surface area contributed by atoms with Gasteiger partial charge in [0.25, 0.3) is 0 Å². The van der Waals surface area contributed by atoms with E-state index in [9.17, 15) is 4.79 Å². The zero-order valence-corrected chi connectivity index (χ0v) is 18.4. The van der Waals surface area contributed by atoms with Crippen LogP contribution in [0.2, 0.25) is 0 Å². The van der Waals surface area contributed by atoms with Crippen molar-refractivity contribution >= 4 is 29.2 Å². The van der Waals surface area contributed by atoms with E-state index < -0.39 is 11.6 Å². The van der Waals surface area contributed by atoms with E-state index in [0.29, 0.717) is 11.6 Å². The molecule has 0 saturated heterocycles. The molecule has 10 nitrogen and oxygen atoms in total. The van der Waals surface area contributed by atoms with Crippen LogP contribution in [-0.4, -0.2) is 44.8 Å².